The summed E-state index contributed by atoms with van der Waals surface area (Å²) in [6.45, 7) is 0. The molecule has 3 nitrogen and oxygen atoms in total. The van der Waals surface area contributed by atoms with Crippen LogP contribution in [0.25, 0.3) is 11.0 Å². The second-order valence-electron chi connectivity index (χ2n) is 2.05. The molecule has 0 saturated carbocycles. The molecule has 1 heterocycles. The van der Waals surface area contributed by atoms with Gasteiger partial charge < -0.3 is 9.63 Å². The molecule has 0 atom stereocenters. The van der Waals surface area contributed by atoms with E-state index in [1.807, 2.05) is 0 Å². The van der Waals surface area contributed by atoms with Crippen molar-refractivity contribution in [2.45, 2.75) is 0 Å². The Morgan fingerprint density at radius 1 is 1.36 bits per heavy atom. The van der Waals surface area contributed by atoms with E-state index in [9.17, 15) is 0 Å². The van der Waals surface area contributed by atoms with Crippen LogP contribution in [0.1, 0.15) is 0 Å². The van der Waals surface area contributed by atoms with Gasteiger partial charge in [-0.3, -0.25) is 0 Å². The van der Waals surface area contributed by atoms with Gasteiger partial charge >= 0.3 is 0 Å². The fourth-order valence-electron chi connectivity index (χ4n) is 0.849. The van der Waals surface area contributed by atoms with E-state index in [2.05, 4.69) is 5.16 Å². The summed E-state index contributed by atoms with van der Waals surface area (Å²) < 4.78 is 4.79. The van der Waals surface area contributed by atoms with Crippen LogP contribution in [0.4, 0.5) is 0 Å². The smallest absolute Gasteiger partial charge is 0.170 e. The summed E-state index contributed by atoms with van der Waals surface area (Å²) in [6.07, 6.45) is 1.61. The van der Waals surface area contributed by atoms with E-state index in [0.717, 1.165) is 5.39 Å². The Morgan fingerprint density at radius 3 is 3.00 bits per heavy atom. The number of aromatic hydroxyl groups is 1. The van der Waals surface area contributed by atoms with Crippen molar-refractivity contribution in [1.29, 1.82) is 0 Å². The number of hydrogen-bond acceptors (Lipinski definition) is 3. The minimum absolute atomic E-state index is 0. The van der Waals surface area contributed by atoms with Crippen LogP contribution in [-0.2, 0) is 0 Å². The van der Waals surface area contributed by atoms with Crippen molar-refractivity contribution in [3.63, 3.8) is 0 Å². The van der Waals surface area contributed by atoms with Crippen molar-refractivity contribution >= 4 is 28.0 Å². The molecule has 0 aliphatic heterocycles. The normalized spacial score (nSPS) is 9.45. The van der Waals surface area contributed by atoms with Crippen molar-refractivity contribution in [2.75, 3.05) is 0 Å². The summed E-state index contributed by atoms with van der Waals surface area (Å²) in [5, 5.41) is 13.4. The summed E-state index contributed by atoms with van der Waals surface area (Å²) in [4.78, 5) is 0. The molecule has 2 rings (SSSR count). The molecule has 0 aliphatic carbocycles. The lowest BCUT2D eigenvalue weighted by atomic mass is 10.2. The second-order valence-corrected chi connectivity index (χ2v) is 2.05. The number of phenols is 1. The average molecular weight is 216 g/mol. The molecule has 1 N–H and O–H groups in total. The van der Waals surface area contributed by atoms with Crippen molar-refractivity contribution in [1.82, 2.24) is 5.16 Å². The molecule has 2 aromatic rings. The second kappa shape index (κ2) is 2.92. The maximum atomic E-state index is 8.96. The van der Waals surface area contributed by atoms with Crippen molar-refractivity contribution in [3.8, 4) is 5.75 Å². The van der Waals surface area contributed by atoms with Gasteiger partial charge in [-0.1, -0.05) is 5.16 Å². The number of halogens is 1. The lowest BCUT2D eigenvalue weighted by Crippen LogP contribution is -1.62. The molecule has 0 spiro atoms. The van der Waals surface area contributed by atoms with Gasteiger partial charge in [0.15, 0.2) is 5.58 Å². The fraction of sp³-hybridized carbons (Fsp3) is 0. The summed E-state index contributed by atoms with van der Waals surface area (Å²) in [5.41, 5.74) is 0.611. The SMILES string of the molecule is Br.Oc1ccc2cnoc2c1. The van der Waals surface area contributed by atoms with Crippen molar-refractivity contribution in [3.05, 3.63) is 24.4 Å². The van der Waals surface area contributed by atoms with Crippen LogP contribution in [0.3, 0.4) is 0 Å². The molecule has 0 fully saturated rings. The van der Waals surface area contributed by atoms with Crippen LogP contribution in [0.5, 0.6) is 5.75 Å². The Morgan fingerprint density at radius 2 is 2.18 bits per heavy atom. The predicted molar refractivity (Wildman–Crippen MR) is 46.0 cm³/mol. The molecule has 1 aromatic carbocycles. The minimum Gasteiger partial charge on any atom is -0.508 e. The van der Waals surface area contributed by atoms with Gasteiger partial charge in [-0.25, -0.2) is 0 Å². The molecule has 4 heteroatoms. The predicted octanol–water partition coefficient (Wildman–Crippen LogP) is 2.11. The first-order valence-corrected chi connectivity index (χ1v) is 2.90. The van der Waals surface area contributed by atoms with Gasteiger partial charge in [0, 0.05) is 11.5 Å². The highest BCUT2D eigenvalue weighted by atomic mass is 79.9. The summed E-state index contributed by atoms with van der Waals surface area (Å²) in [5.74, 6) is 0.198. The van der Waals surface area contributed by atoms with Crippen LogP contribution in [0, 0.1) is 0 Å². The molecule has 0 unspecified atom stereocenters. The summed E-state index contributed by atoms with van der Waals surface area (Å²) in [6, 6.07) is 4.88. The van der Waals surface area contributed by atoms with E-state index in [1.165, 1.54) is 6.07 Å². The number of benzene rings is 1. The van der Waals surface area contributed by atoms with Gasteiger partial charge in [-0.2, -0.15) is 0 Å². The Balaban J connectivity index is 0.000000605. The quantitative estimate of drug-likeness (QED) is 0.733. The van der Waals surface area contributed by atoms with E-state index >= 15 is 0 Å². The molecule has 0 amide bonds. The molecule has 1 aromatic heterocycles. The van der Waals surface area contributed by atoms with Gasteiger partial charge in [-0.15, -0.1) is 17.0 Å². The standard InChI is InChI=1S/C7H5NO2.BrH/c9-6-2-1-5-4-8-10-7(5)3-6;/h1-4,9H;1H. The lowest BCUT2D eigenvalue weighted by molar-refractivity contribution is 0.449. The highest BCUT2D eigenvalue weighted by molar-refractivity contribution is 8.93. The minimum atomic E-state index is 0. The van der Waals surface area contributed by atoms with Gasteiger partial charge in [-0.05, 0) is 12.1 Å². The lowest BCUT2D eigenvalue weighted by Gasteiger charge is -1.86. The third-order valence-corrected chi connectivity index (χ3v) is 1.34. The Kier molecular flexibility index (Phi) is 2.14. The molecule has 11 heavy (non-hydrogen) atoms. The van der Waals surface area contributed by atoms with Gasteiger partial charge in [0.2, 0.25) is 0 Å². The molecule has 0 saturated heterocycles. The first kappa shape index (κ1) is 8.07. The molecule has 58 valence electrons. The van der Waals surface area contributed by atoms with Gasteiger partial charge in [0.25, 0.3) is 0 Å². The van der Waals surface area contributed by atoms with E-state index < -0.39 is 0 Å². The van der Waals surface area contributed by atoms with Crippen LogP contribution < -0.4 is 0 Å². The Bertz CT molecular complexity index is 358. The third-order valence-electron chi connectivity index (χ3n) is 1.34. The zero-order valence-electron chi connectivity index (χ0n) is 5.52. The fourth-order valence-corrected chi connectivity index (χ4v) is 0.849. The monoisotopic (exact) mass is 215 g/mol. The molecular formula is C7H6BrNO2. The van der Waals surface area contributed by atoms with Gasteiger partial charge in [0.05, 0.1) is 6.20 Å². The van der Waals surface area contributed by atoms with Crippen LogP contribution in [-0.4, -0.2) is 10.3 Å². The maximum absolute atomic E-state index is 8.96. The first-order valence-electron chi connectivity index (χ1n) is 2.90. The number of nitrogens with zero attached hydrogens (tertiary/aromatic N) is 1. The molecule has 0 bridgehead atoms. The highest BCUT2D eigenvalue weighted by Crippen LogP contribution is 2.18. The third kappa shape index (κ3) is 1.35. The Hall–Kier alpha value is -1.03. The van der Waals surface area contributed by atoms with E-state index in [4.69, 9.17) is 9.63 Å². The molecule has 0 aliphatic rings. The van der Waals surface area contributed by atoms with E-state index in [1.54, 1.807) is 18.3 Å². The van der Waals surface area contributed by atoms with Crippen molar-refractivity contribution in [2.24, 2.45) is 0 Å². The number of hydrogen-bond donors (Lipinski definition) is 1. The summed E-state index contributed by atoms with van der Waals surface area (Å²) in [7, 11) is 0. The van der Waals surface area contributed by atoms with Crippen LogP contribution in [0.15, 0.2) is 28.9 Å². The maximum Gasteiger partial charge on any atom is 0.170 e. The van der Waals surface area contributed by atoms with Crippen LogP contribution in [0.2, 0.25) is 0 Å². The Labute approximate surface area is 73.4 Å². The van der Waals surface area contributed by atoms with Gasteiger partial charge in [0.1, 0.15) is 5.75 Å². The highest BCUT2D eigenvalue weighted by Gasteiger charge is 1.96. The largest absolute Gasteiger partial charge is 0.508 e. The molecule has 0 radical (unpaired) electrons. The van der Waals surface area contributed by atoms with Crippen molar-refractivity contribution < 1.29 is 9.63 Å². The number of rotatable bonds is 0. The topological polar surface area (TPSA) is 46.3 Å². The first-order chi connectivity index (χ1) is 4.86. The average Bonchev–Trinajstić information content (AvgIpc) is 2.33. The summed E-state index contributed by atoms with van der Waals surface area (Å²) >= 11 is 0. The molecular weight excluding hydrogens is 210 g/mol. The number of fused-ring (bicyclic) bond motifs is 1. The van der Waals surface area contributed by atoms with E-state index in [-0.39, 0.29) is 22.7 Å². The van der Waals surface area contributed by atoms with E-state index in [0.29, 0.717) is 5.58 Å². The zero-order chi connectivity index (χ0) is 6.97. The van der Waals surface area contributed by atoms with Crippen LogP contribution >= 0.6 is 17.0 Å². The number of phenolic OH excluding ortho intramolecular Hbond substituents is 1. The number of aromatic nitrogens is 1. The zero-order valence-corrected chi connectivity index (χ0v) is 7.23.